The molecule has 1 aliphatic rings. The number of benzene rings is 1. The predicted octanol–water partition coefficient (Wildman–Crippen LogP) is 1.68. The highest BCUT2D eigenvalue weighted by Gasteiger charge is 2.18. The Hall–Kier alpha value is -0.720. The van der Waals surface area contributed by atoms with Gasteiger partial charge in [0.2, 0.25) is 10.0 Å². The van der Waals surface area contributed by atoms with E-state index in [1.165, 1.54) is 5.56 Å². The minimum atomic E-state index is -3.39. The van der Waals surface area contributed by atoms with Crippen LogP contribution in [0.5, 0.6) is 0 Å². The zero-order valence-electron chi connectivity index (χ0n) is 10.6. The maximum atomic E-state index is 12.1. The van der Waals surface area contributed by atoms with Crippen LogP contribution in [0.2, 0.25) is 0 Å². The smallest absolute Gasteiger partial charge is 0.240 e. The van der Waals surface area contributed by atoms with Gasteiger partial charge in [0.25, 0.3) is 0 Å². The van der Waals surface area contributed by atoms with E-state index in [0.717, 1.165) is 18.7 Å². The largest absolute Gasteiger partial charge is 0.384 e. The molecule has 0 spiro atoms. The van der Waals surface area contributed by atoms with Crippen LogP contribution in [0, 0.1) is 0 Å². The zero-order chi connectivity index (χ0) is 13.2. The lowest BCUT2D eigenvalue weighted by molar-refractivity contribution is 0.581. The van der Waals surface area contributed by atoms with Crippen LogP contribution in [0.1, 0.15) is 12.5 Å². The molecule has 1 aromatic carbocycles. The van der Waals surface area contributed by atoms with Crippen molar-refractivity contribution in [1.29, 1.82) is 0 Å². The van der Waals surface area contributed by atoms with Gasteiger partial charge < -0.3 is 5.32 Å². The second-order valence-electron chi connectivity index (χ2n) is 4.39. The number of rotatable bonds is 5. The molecular weight excluding hydrogens is 268 g/mol. The van der Waals surface area contributed by atoms with Crippen molar-refractivity contribution >= 4 is 27.5 Å². The number of sulfonamides is 1. The lowest BCUT2D eigenvalue weighted by Crippen LogP contribution is -2.29. The Balaban J connectivity index is 2.15. The van der Waals surface area contributed by atoms with Gasteiger partial charge in [-0.05, 0) is 30.4 Å². The molecule has 0 aliphatic carbocycles. The Morgan fingerprint density at radius 1 is 1.50 bits per heavy atom. The average molecular weight is 286 g/mol. The van der Waals surface area contributed by atoms with Crippen molar-refractivity contribution in [3.8, 4) is 0 Å². The highest BCUT2D eigenvalue weighted by Crippen LogP contribution is 2.25. The lowest BCUT2D eigenvalue weighted by Gasteiger charge is -2.11. The molecule has 2 rings (SSSR count). The minimum absolute atomic E-state index is 0.271. The third kappa shape index (κ3) is 2.99. The van der Waals surface area contributed by atoms with Crippen molar-refractivity contribution in [3.05, 3.63) is 23.8 Å². The van der Waals surface area contributed by atoms with Crippen molar-refractivity contribution in [2.24, 2.45) is 0 Å². The first-order valence-electron chi connectivity index (χ1n) is 5.92. The summed E-state index contributed by atoms with van der Waals surface area (Å²) in [7, 11) is -3.39. The van der Waals surface area contributed by atoms with E-state index in [1.807, 2.05) is 19.2 Å². The van der Waals surface area contributed by atoms with Crippen LogP contribution < -0.4 is 10.0 Å². The predicted molar refractivity (Wildman–Crippen MR) is 76.8 cm³/mol. The molecule has 1 atom stereocenters. The third-order valence-corrected chi connectivity index (χ3v) is 5.46. The summed E-state index contributed by atoms with van der Waals surface area (Å²) in [4.78, 5) is 0.337. The lowest BCUT2D eigenvalue weighted by atomic mass is 10.2. The van der Waals surface area contributed by atoms with Gasteiger partial charge >= 0.3 is 0 Å². The molecule has 0 saturated heterocycles. The summed E-state index contributed by atoms with van der Waals surface area (Å²) < 4.78 is 26.8. The van der Waals surface area contributed by atoms with E-state index in [4.69, 9.17) is 0 Å². The molecule has 0 radical (unpaired) electrons. The Bertz CT molecular complexity index is 529. The summed E-state index contributed by atoms with van der Waals surface area (Å²) in [5, 5.41) is 3.46. The van der Waals surface area contributed by atoms with Gasteiger partial charge in [-0.2, -0.15) is 11.8 Å². The average Bonchev–Trinajstić information content (AvgIpc) is 2.83. The van der Waals surface area contributed by atoms with Crippen LogP contribution in [0.15, 0.2) is 23.1 Å². The van der Waals surface area contributed by atoms with Gasteiger partial charge in [-0.3, -0.25) is 0 Å². The Morgan fingerprint density at radius 2 is 2.28 bits per heavy atom. The number of fused-ring (bicyclic) bond motifs is 1. The van der Waals surface area contributed by atoms with Crippen molar-refractivity contribution in [1.82, 2.24) is 4.72 Å². The Kier molecular flexibility index (Phi) is 4.19. The van der Waals surface area contributed by atoms with Gasteiger partial charge in [-0.15, -0.1) is 0 Å². The number of anilines is 1. The van der Waals surface area contributed by atoms with Gasteiger partial charge in [-0.25, -0.2) is 13.1 Å². The van der Waals surface area contributed by atoms with Crippen molar-refractivity contribution in [3.63, 3.8) is 0 Å². The fourth-order valence-corrected chi connectivity index (χ4v) is 3.34. The summed E-state index contributed by atoms with van der Waals surface area (Å²) in [6, 6.07) is 5.29. The Labute approximate surface area is 113 Å². The van der Waals surface area contributed by atoms with Crippen LogP contribution >= 0.6 is 11.8 Å². The van der Waals surface area contributed by atoms with Gasteiger partial charge in [-0.1, -0.05) is 13.0 Å². The van der Waals surface area contributed by atoms with Gasteiger partial charge in [0.05, 0.1) is 4.90 Å². The van der Waals surface area contributed by atoms with Gasteiger partial charge in [0.1, 0.15) is 0 Å². The number of thioether (sulfide) groups is 1. The quantitative estimate of drug-likeness (QED) is 0.865. The maximum Gasteiger partial charge on any atom is 0.240 e. The number of hydrogen-bond donors (Lipinski definition) is 2. The molecule has 6 heteroatoms. The summed E-state index contributed by atoms with van der Waals surface area (Å²) in [5.74, 6) is 0. The van der Waals surface area contributed by atoms with Crippen LogP contribution in [0.3, 0.4) is 0 Å². The molecule has 100 valence electrons. The van der Waals surface area contributed by atoms with E-state index in [-0.39, 0.29) is 5.25 Å². The maximum absolute atomic E-state index is 12.1. The van der Waals surface area contributed by atoms with E-state index in [2.05, 4.69) is 10.0 Å². The Morgan fingerprint density at radius 3 is 3.00 bits per heavy atom. The summed E-state index contributed by atoms with van der Waals surface area (Å²) >= 11 is 1.64. The van der Waals surface area contributed by atoms with E-state index in [9.17, 15) is 8.42 Å². The number of nitrogens with one attached hydrogen (secondary N) is 2. The van der Waals surface area contributed by atoms with E-state index in [1.54, 1.807) is 23.9 Å². The monoisotopic (exact) mass is 286 g/mol. The van der Waals surface area contributed by atoms with Gasteiger partial charge in [0.15, 0.2) is 0 Å². The zero-order valence-corrected chi connectivity index (χ0v) is 12.2. The van der Waals surface area contributed by atoms with Crippen LogP contribution in [0.25, 0.3) is 0 Å². The summed E-state index contributed by atoms with van der Waals surface area (Å²) in [6.45, 7) is 3.33. The first-order chi connectivity index (χ1) is 8.53. The standard InChI is InChI=1S/C12H18N2O2S2/c1-9(17-2)8-14-18(15,16)11-4-3-10-5-6-13-12(10)7-11/h3-4,7,9,13-14H,5-6,8H2,1-2H3. The molecule has 0 amide bonds. The summed E-state index contributed by atoms with van der Waals surface area (Å²) in [6.07, 6.45) is 2.94. The highest BCUT2D eigenvalue weighted by molar-refractivity contribution is 7.99. The second kappa shape index (κ2) is 5.50. The molecule has 0 fully saturated rings. The SMILES string of the molecule is CSC(C)CNS(=O)(=O)c1ccc2c(c1)NCC2. The molecule has 0 saturated carbocycles. The minimum Gasteiger partial charge on any atom is -0.384 e. The second-order valence-corrected chi connectivity index (χ2v) is 7.44. The topological polar surface area (TPSA) is 58.2 Å². The number of hydrogen-bond acceptors (Lipinski definition) is 4. The molecule has 4 nitrogen and oxygen atoms in total. The normalized spacial score (nSPS) is 16.1. The molecular formula is C12H18N2O2S2. The van der Waals surface area contributed by atoms with E-state index >= 15 is 0 Å². The molecule has 1 aliphatic heterocycles. The van der Waals surface area contributed by atoms with E-state index in [0.29, 0.717) is 11.4 Å². The first kappa shape index (κ1) is 13.7. The van der Waals surface area contributed by atoms with Crippen molar-refractivity contribution in [2.75, 3.05) is 24.7 Å². The molecule has 1 aromatic rings. The fourth-order valence-electron chi connectivity index (χ4n) is 1.83. The molecule has 2 N–H and O–H groups in total. The molecule has 1 heterocycles. The first-order valence-corrected chi connectivity index (χ1v) is 8.69. The third-order valence-electron chi connectivity index (χ3n) is 3.06. The van der Waals surface area contributed by atoms with Crippen LogP contribution in [-0.4, -0.2) is 33.0 Å². The molecule has 0 bridgehead atoms. The molecule has 18 heavy (non-hydrogen) atoms. The fraction of sp³-hybridized carbons (Fsp3) is 0.500. The highest BCUT2D eigenvalue weighted by atomic mass is 32.2. The summed E-state index contributed by atoms with van der Waals surface area (Å²) in [5.41, 5.74) is 2.13. The molecule has 1 unspecified atom stereocenters. The van der Waals surface area contributed by atoms with Gasteiger partial charge in [0, 0.05) is 24.0 Å². The van der Waals surface area contributed by atoms with Crippen molar-refractivity contribution in [2.45, 2.75) is 23.5 Å². The van der Waals surface area contributed by atoms with Crippen molar-refractivity contribution < 1.29 is 8.42 Å². The van der Waals surface area contributed by atoms with Crippen LogP contribution in [0.4, 0.5) is 5.69 Å². The van der Waals surface area contributed by atoms with E-state index < -0.39 is 10.0 Å². The molecule has 0 aromatic heterocycles. The van der Waals surface area contributed by atoms with Crippen LogP contribution in [-0.2, 0) is 16.4 Å².